The van der Waals surface area contributed by atoms with Crippen LogP contribution in [0.15, 0.2) is 29.6 Å². The second-order valence-corrected chi connectivity index (χ2v) is 7.08. The summed E-state index contributed by atoms with van der Waals surface area (Å²) >= 11 is 1.41. The molecular formula is C18H19N5O2S. The number of amides is 2. The lowest BCUT2D eigenvalue weighted by Gasteiger charge is -2.10. The Morgan fingerprint density at radius 2 is 2.19 bits per heavy atom. The average molecular weight is 369 g/mol. The molecule has 4 rings (SSSR count). The molecule has 1 saturated heterocycles. The van der Waals surface area contributed by atoms with E-state index in [2.05, 4.69) is 20.3 Å². The fraction of sp³-hybridized carbons (Fsp3) is 0.333. The minimum absolute atomic E-state index is 0.0780. The zero-order valence-corrected chi connectivity index (χ0v) is 15.0. The zero-order chi connectivity index (χ0) is 17.9. The fourth-order valence-corrected chi connectivity index (χ4v) is 3.89. The molecule has 134 valence electrons. The Hall–Kier alpha value is -2.74. The minimum Gasteiger partial charge on any atom is -0.355 e. The number of aromatic amines is 1. The van der Waals surface area contributed by atoms with E-state index in [1.54, 1.807) is 4.90 Å². The second-order valence-electron chi connectivity index (χ2n) is 6.25. The first-order valence-electron chi connectivity index (χ1n) is 8.64. The number of hydrogen-bond donors (Lipinski definition) is 2. The van der Waals surface area contributed by atoms with Crippen molar-refractivity contribution in [1.82, 2.24) is 20.3 Å². The predicted octanol–water partition coefficient (Wildman–Crippen LogP) is 2.05. The van der Waals surface area contributed by atoms with Crippen molar-refractivity contribution in [3.8, 4) is 0 Å². The van der Waals surface area contributed by atoms with Gasteiger partial charge < -0.3 is 10.3 Å². The van der Waals surface area contributed by atoms with E-state index in [1.807, 2.05) is 29.6 Å². The number of anilines is 1. The van der Waals surface area contributed by atoms with E-state index in [0.717, 1.165) is 29.8 Å². The number of nitrogens with one attached hydrogen (secondary N) is 2. The van der Waals surface area contributed by atoms with Crippen molar-refractivity contribution < 1.29 is 9.59 Å². The number of H-pyrrole nitrogens is 1. The minimum atomic E-state index is -0.0780. The monoisotopic (exact) mass is 369 g/mol. The Bertz CT molecular complexity index is 915. The lowest BCUT2D eigenvalue weighted by Crippen LogP contribution is -2.27. The molecule has 1 aliphatic heterocycles. The lowest BCUT2D eigenvalue weighted by molar-refractivity contribution is -0.120. The summed E-state index contributed by atoms with van der Waals surface area (Å²) in [6.07, 6.45) is 2.32. The molecule has 0 radical (unpaired) electrons. The van der Waals surface area contributed by atoms with E-state index < -0.39 is 0 Å². The van der Waals surface area contributed by atoms with Crippen molar-refractivity contribution in [3.05, 3.63) is 41.2 Å². The van der Waals surface area contributed by atoms with E-state index in [9.17, 15) is 9.59 Å². The lowest BCUT2D eigenvalue weighted by atomic mass is 10.3. The SMILES string of the molecule is O=C(Cc1csc(N2CCCC2=O)n1)NCCc1nc2ccccc2[nH]1. The number of aromatic nitrogens is 3. The third-order valence-corrected chi connectivity index (χ3v) is 5.22. The topological polar surface area (TPSA) is 91.0 Å². The summed E-state index contributed by atoms with van der Waals surface area (Å²) in [7, 11) is 0. The van der Waals surface area contributed by atoms with Crippen LogP contribution in [0, 0.1) is 0 Å². The van der Waals surface area contributed by atoms with Gasteiger partial charge in [0.25, 0.3) is 0 Å². The van der Waals surface area contributed by atoms with E-state index in [1.165, 1.54) is 11.3 Å². The number of benzene rings is 1. The first-order valence-corrected chi connectivity index (χ1v) is 9.52. The van der Waals surface area contributed by atoms with Gasteiger partial charge in [0.05, 0.1) is 23.1 Å². The summed E-state index contributed by atoms with van der Waals surface area (Å²) in [6, 6.07) is 7.85. The molecule has 7 nitrogen and oxygen atoms in total. The van der Waals surface area contributed by atoms with Gasteiger partial charge in [-0.3, -0.25) is 14.5 Å². The van der Waals surface area contributed by atoms with Crippen molar-refractivity contribution in [2.45, 2.75) is 25.7 Å². The highest BCUT2D eigenvalue weighted by atomic mass is 32.1. The summed E-state index contributed by atoms with van der Waals surface area (Å²) in [6.45, 7) is 1.23. The maximum absolute atomic E-state index is 12.1. The summed E-state index contributed by atoms with van der Waals surface area (Å²) < 4.78 is 0. The van der Waals surface area contributed by atoms with Crippen LogP contribution in [-0.2, 0) is 22.4 Å². The predicted molar refractivity (Wildman–Crippen MR) is 100 cm³/mol. The van der Waals surface area contributed by atoms with Crippen LogP contribution in [0.2, 0.25) is 0 Å². The number of carbonyl (C=O) groups is 2. The van der Waals surface area contributed by atoms with Crippen LogP contribution in [0.1, 0.15) is 24.4 Å². The Morgan fingerprint density at radius 3 is 3.00 bits per heavy atom. The average Bonchev–Trinajstić information content (AvgIpc) is 3.33. The van der Waals surface area contributed by atoms with Crippen molar-refractivity contribution >= 4 is 39.3 Å². The normalized spacial score (nSPS) is 14.3. The van der Waals surface area contributed by atoms with Gasteiger partial charge in [0.1, 0.15) is 5.82 Å². The molecule has 0 bridgehead atoms. The van der Waals surface area contributed by atoms with Crippen molar-refractivity contribution in [1.29, 1.82) is 0 Å². The van der Waals surface area contributed by atoms with Gasteiger partial charge >= 0.3 is 0 Å². The maximum Gasteiger partial charge on any atom is 0.228 e. The zero-order valence-electron chi connectivity index (χ0n) is 14.2. The largest absolute Gasteiger partial charge is 0.355 e. The van der Waals surface area contributed by atoms with Gasteiger partial charge in [-0.25, -0.2) is 9.97 Å². The van der Waals surface area contributed by atoms with E-state index in [4.69, 9.17) is 0 Å². The molecule has 8 heteroatoms. The smallest absolute Gasteiger partial charge is 0.228 e. The van der Waals surface area contributed by atoms with Gasteiger partial charge in [-0.1, -0.05) is 12.1 Å². The first kappa shape index (κ1) is 16.7. The van der Waals surface area contributed by atoms with Crippen LogP contribution in [0.25, 0.3) is 11.0 Å². The number of hydrogen-bond acceptors (Lipinski definition) is 5. The summed E-state index contributed by atoms with van der Waals surface area (Å²) in [5, 5.41) is 5.44. The Labute approximate surface area is 154 Å². The van der Waals surface area contributed by atoms with Crippen LogP contribution in [0.5, 0.6) is 0 Å². The number of imidazole rings is 1. The van der Waals surface area contributed by atoms with Crippen molar-refractivity contribution in [2.24, 2.45) is 0 Å². The number of thiazole rings is 1. The number of rotatable bonds is 6. The van der Waals surface area contributed by atoms with Crippen LogP contribution in [0.3, 0.4) is 0 Å². The molecule has 2 aromatic heterocycles. The number of para-hydroxylation sites is 2. The van der Waals surface area contributed by atoms with Gasteiger partial charge in [-0.2, -0.15) is 0 Å². The molecule has 0 atom stereocenters. The molecule has 1 aliphatic rings. The third kappa shape index (κ3) is 3.60. The Balaban J connectivity index is 1.27. The second kappa shape index (κ2) is 7.25. The highest BCUT2D eigenvalue weighted by Gasteiger charge is 2.24. The Morgan fingerprint density at radius 1 is 1.31 bits per heavy atom. The first-order chi connectivity index (χ1) is 12.7. The molecular weight excluding hydrogens is 350 g/mol. The standard InChI is InChI=1S/C18H19N5O2S/c24-16(10-12-11-26-18(20-12)23-9-3-6-17(23)25)19-8-7-15-21-13-4-1-2-5-14(13)22-15/h1-2,4-5,11H,3,6-10H2,(H,19,24)(H,21,22). The van der Waals surface area contributed by atoms with Gasteiger partial charge in [0.15, 0.2) is 5.13 Å². The van der Waals surface area contributed by atoms with Gasteiger partial charge in [0.2, 0.25) is 11.8 Å². The number of carbonyl (C=O) groups excluding carboxylic acids is 2. The third-order valence-electron chi connectivity index (χ3n) is 4.31. The summed E-state index contributed by atoms with van der Waals surface area (Å²) in [5.74, 6) is 0.891. The van der Waals surface area contributed by atoms with Crippen LogP contribution in [-0.4, -0.2) is 39.9 Å². The van der Waals surface area contributed by atoms with Gasteiger partial charge in [-0.15, -0.1) is 11.3 Å². The molecule has 26 heavy (non-hydrogen) atoms. The quantitative estimate of drug-likeness (QED) is 0.696. The number of fused-ring (bicyclic) bond motifs is 1. The highest BCUT2D eigenvalue weighted by molar-refractivity contribution is 7.14. The molecule has 0 aliphatic carbocycles. The van der Waals surface area contributed by atoms with Gasteiger partial charge in [-0.05, 0) is 18.6 Å². The van der Waals surface area contributed by atoms with Crippen molar-refractivity contribution in [3.63, 3.8) is 0 Å². The summed E-state index contributed by atoms with van der Waals surface area (Å²) in [4.78, 5) is 37.7. The molecule has 3 heterocycles. The van der Waals surface area contributed by atoms with Crippen LogP contribution in [0.4, 0.5) is 5.13 Å². The molecule has 0 saturated carbocycles. The molecule has 0 unspecified atom stereocenters. The van der Waals surface area contributed by atoms with Crippen LogP contribution < -0.4 is 10.2 Å². The molecule has 0 spiro atoms. The Kier molecular flexibility index (Phi) is 4.66. The van der Waals surface area contributed by atoms with Gasteiger partial charge in [0, 0.05) is 31.3 Å². The molecule has 3 aromatic rings. The van der Waals surface area contributed by atoms with E-state index in [0.29, 0.717) is 30.2 Å². The van der Waals surface area contributed by atoms with Crippen LogP contribution >= 0.6 is 11.3 Å². The maximum atomic E-state index is 12.1. The van der Waals surface area contributed by atoms with E-state index >= 15 is 0 Å². The number of nitrogens with zero attached hydrogens (tertiary/aromatic N) is 3. The fourth-order valence-electron chi connectivity index (χ4n) is 3.02. The molecule has 1 aromatic carbocycles. The molecule has 2 N–H and O–H groups in total. The summed E-state index contributed by atoms with van der Waals surface area (Å²) in [5.41, 5.74) is 2.63. The van der Waals surface area contributed by atoms with Crippen molar-refractivity contribution in [2.75, 3.05) is 18.0 Å². The highest BCUT2D eigenvalue weighted by Crippen LogP contribution is 2.25. The van der Waals surface area contributed by atoms with E-state index in [-0.39, 0.29) is 18.2 Å². The molecule has 1 fully saturated rings. The molecule has 2 amide bonds.